The molecule has 0 aliphatic heterocycles. The average molecular weight is 290 g/mol. The van der Waals surface area contributed by atoms with Gasteiger partial charge in [0.15, 0.2) is 0 Å². The fourth-order valence-corrected chi connectivity index (χ4v) is 2.05. The Bertz CT molecular complexity index is 630. The van der Waals surface area contributed by atoms with Gasteiger partial charge in [0.2, 0.25) is 0 Å². The summed E-state index contributed by atoms with van der Waals surface area (Å²) >= 11 is 0. The van der Waals surface area contributed by atoms with E-state index in [1.165, 1.54) is 0 Å². The molecule has 1 aromatic carbocycles. The number of anilines is 1. The fraction of sp³-hybridized carbons (Fsp3) is 0.333. The second kappa shape index (κ2) is 6.90. The number of hydrogen-bond acceptors (Lipinski definition) is 5. The summed E-state index contributed by atoms with van der Waals surface area (Å²) in [7, 11) is 3.13. The Morgan fingerprint density at radius 1 is 1.38 bits per heavy atom. The minimum Gasteiger partial charge on any atom is -0.497 e. The van der Waals surface area contributed by atoms with Crippen molar-refractivity contribution in [3.63, 3.8) is 0 Å². The molecule has 2 N–H and O–H groups in total. The van der Waals surface area contributed by atoms with Crippen LogP contribution in [-0.4, -0.2) is 42.9 Å². The Labute approximate surface area is 122 Å². The summed E-state index contributed by atoms with van der Waals surface area (Å²) in [5, 5.41) is 14.0. The van der Waals surface area contributed by atoms with Crippen molar-refractivity contribution in [3.05, 3.63) is 30.5 Å². The Morgan fingerprint density at radius 2 is 2.19 bits per heavy atom. The highest BCUT2D eigenvalue weighted by Gasteiger charge is 2.18. The maximum absolute atomic E-state index is 11.3. The lowest BCUT2D eigenvalue weighted by Gasteiger charge is -2.16. The predicted octanol–water partition coefficient (Wildman–Crippen LogP) is 2.14. The van der Waals surface area contributed by atoms with E-state index in [9.17, 15) is 9.90 Å². The molecule has 1 aromatic heterocycles. The molecule has 0 aliphatic carbocycles. The zero-order valence-electron chi connectivity index (χ0n) is 12.0. The lowest BCUT2D eigenvalue weighted by molar-refractivity contribution is -0.138. The minimum atomic E-state index is -0.936. The second-order valence-electron chi connectivity index (χ2n) is 4.56. The summed E-state index contributed by atoms with van der Waals surface area (Å²) in [6.45, 7) is 0.359. The van der Waals surface area contributed by atoms with Gasteiger partial charge >= 0.3 is 5.97 Å². The van der Waals surface area contributed by atoms with Crippen molar-refractivity contribution in [1.82, 2.24) is 4.98 Å². The van der Waals surface area contributed by atoms with E-state index in [4.69, 9.17) is 9.47 Å². The summed E-state index contributed by atoms with van der Waals surface area (Å²) in [4.78, 5) is 15.5. The number of pyridine rings is 1. The smallest absolute Gasteiger partial charge is 0.326 e. The molecule has 0 fully saturated rings. The molecule has 0 amide bonds. The van der Waals surface area contributed by atoms with Gasteiger partial charge in [0.1, 0.15) is 17.6 Å². The summed E-state index contributed by atoms with van der Waals surface area (Å²) in [5.41, 5.74) is 0. The molecule has 0 radical (unpaired) electrons. The Hall–Kier alpha value is -2.34. The molecule has 2 rings (SSSR count). The van der Waals surface area contributed by atoms with Crippen molar-refractivity contribution < 1.29 is 19.4 Å². The van der Waals surface area contributed by atoms with Gasteiger partial charge in [-0.2, -0.15) is 0 Å². The summed E-state index contributed by atoms with van der Waals surface area (Å²) < 4.78 is 10.1. The molecule has 0 aliphatic rings. The zero-order chi connectivity index (χ0) is 15.2. The molecule has 0 saturated carbocycles. The third-order valence-corrected chi connectivity index (χ3v) is 3.19. The molecule has 1 heterocycles. The first kappa shape index (κ1) is 15.1. The Morgan fingerprint density at radius 3 is 2.86 bits per heavy atom. The molecular formula is C15H18N2O4. The number of fused-ring (bicyclic) bond motifs is 1. The number of methoxy groups -OCH3 is 2. The van der Waals surface area contributed by atoms with E-state index in [1.807, 2.05) is 24.3 Å². The predicted molar refractivity (Wildman–Crippen MR) is 79.8 cm³/mol. The fourth-order valence-electron chi connectivity index (χ4n) is 2.05. The Kier molecular flexibility index (Phi) is 4.94. The minimum absolute atomic E-state index is 0.355. The molecule has 2 aromatic rings. The normalized spacial score (nSPS) is 12.1. The first-order valence-electron chi connectivity index (χ1n) is 6.56. The second-order valence-corrected chi connectivity index (χ2v) is 4.56. The molecule has 1 unspecified atom stereocenters. The molecule has 1 atom stereocenters. The number of carboxylic acids is 1. The molecule has 6 nitrogen and oxygen atoms in total. The van der Waals surface area contributed by atoms with Crippen molar-refractivity contribution in [2.24, 2.45) is 0 Å². The Balaban J connectivity index is 2.33. The maximum Gasteiger partial charge on any atom is 0.326 e. The van der Waals surface area contributed by atoms with Crippen LogP contribution < -0.4 is 10.1 Å². The average Bonchev–Trinajstić information content (AvgIpc) is 2.50. The van der Waals surface area contributed by atoms with E-state index in [0.717, 1.165) is 10.8 Å². The molecule has 112 valence electrons. The van der Waals surface area contributed by atoms with E-state index in [0.29, 0.717) is 24.6 Å². The molecule has 0 spiro atoms. The van der Waals surface area contributed by atoms with Gasteiger partial charge in [-0.15, -0.1) is 0 Å². The first-order chi connectivity index (χ1) is 10.2. The van der Waals surface area contributed by atoms with Crippen molar-refractivity contribution in [3.8, 4) is 5.75 Å². The third-order valence-electron chi connectivity index (χ3n) is 3.19. The van der Waals surface area contributed by atoms with Crippen molar-refractivity contribution in [2.75, 3.05) is 26.1 Å². The zero-order valence-corrected chi connectivity index (χ0v) is 12.0. The molecule has 0 saturated heterocycles. The molecule has 21 heavy (non-hydrogen) atoms. The van der Waals surface area contributed by atoms with Crippen LogP contribution in [0.1, 0.15) is 6.42 Å². The summed E-state index contributed by atoms with van der Waals surface area (Å²) in [6.07, 6.45) is 2.00. The summed E-state index contributed by atoms with van der Waals surface area (Å²) in [5.74, 6) is 0.283. The number of aromatic nitrogens is 1. The van der Waals surface area contributed by atoms with Crippen LogP contribution in [0.4, 0.5) is 5.82 Å². The lowest BCUT2D eigenvalue weighted by atomic mass is 10.1. The van der Waals surface area contributed by atoms with Crippen molar-refractivity contribution >= 4 is 22.6 Å². The van der Waals surface area contributed by atoms with Crippen LogP contribution in [0.5, 0.6) is 5.75 Å². The first-order valence-corrected chi connectivity index (χ1v) is 6.56. The highest BCUT2D eigenvalue weighted by atomic mass is 16.5. The van der Waals surface area contributed by atoms with Crippen LogP contribution in [0.3, 0.4) is 0 Å². The van der Waals surface area contributed by atoms with Gasteiger partial charge in [-0.1, -0.05) is 6.07 Å². The van der Waals surface area contributed by atoms with Crippen LogP contribution in [0.15, 0.2) is 30.5 Å². The number of nitrogens with one attached hydrogen (secondary N) is 1. The number of aliphatic carboxylic acids is 1. The van der Waals surface area contributed by atoms with Gasteiger partial charge in [0.25, 0.3) is 0 Å². The highest BCUT2D eigenvalue weighted by molar-refractivity contribution is 5.94. The van der Waals surface area contributed by atoms with Gasteiger partial charge in [-0.3, -0.25) is 0 Å². The van der Waals surface area contributed by atoms with Crippen LogP contribution in [0.2, 0.25) is 0 Å². The van der Waals surface area contributed by atoms with E-state index in [2.05, 4.69) is 10.3 Å². The van der Waals surface area contributed by atoms with Gasteiger partial charge in [-0.05, 0) is 23.6 Å². The standard InChI is InChI=1S/C15H18N2O4/c1-20-8-6-13(15(18)19)17-14-12-9-11(21-2)4-3-10(12)5-7-16-14/h3-5,7,9,13H,6,8H2,1-2H3,(H,16,17)(H,18,19). The monoisotopic (exact) mass is 290 g/mol. The quantitative estimate of drug-likeness (QED) is 0.813. The van der Waals surface area contributed by atoms with Crippen LogP contribution in [0, 0.1) is 0 Å². The number of hydrogen-bond donors (Lipinski definition) is 2. The van der Waals surface area contributed by atoms with E-state index < -0.39 is 12.0 Å². The van der Waals surface area contributed by atoms with Crippen LogP contribution in [0.25, 0.3) is 10.8 Å². The summed E-state index contributed by atoms with van der Waals surface area (Å²) in [6, 6.07) is 6.71. The van der Waals surface area contributed by atoms with Crippen LogP contribution >= 0.6 is 0 Å². The van der Waals surface area contributed by atoms with E-state index in [-0.39, 0.29) is 0 Å². The third kappa shape index (κ3) is 3.61. The topological polar surface area (TPSA) is 80.7 Å². The number of carbonyl (C=O) groups is 1. The number of ether oxygens (including phenoxy) is 2. The number of rotatable bonds is 7. The molecule has 6 heteroatoms. The van der Waals surface area contributed by atoms with Gasteiger partial charge in [-0.25, -0.2) is 9.78 Å². The van der Waals surface area contributed by atoms with Crippen LogP contribution in [-0.2, 0) is 9.53 Å². The van der Waals surface area contributed by atoms with E-state index >= 15 is 0 Å². The number of benzene rings is 1. The van der Waals surface area contributed by atoms with Gasteiger partial charge < -0.3 is 19.9 Å². The number of nitrogens with zero attached hydrogens (tertiary/aromatic N) is 1. The van der Waals surface area contributed by atoms with Crippen molar-refractivity contribution in [2.45, 2.75) is 12.5 Å². The van der Waals surface area contributed by atoms with Gasteiger partial charge in [0, 0.05) is 31.7 Å². The number of carboxylic acid groups (broad SMARTS) is 1. The molecular weight excluding hydrogens is 272 g/mol. The van der Waals surface area contributed by atoms with Crippen molar-refractivity contribution in [1.29, 1.82) is 0 Å². The largest absolute Gasteiger partial charge is 0.497 e. The van der Waals surface area contributed by atoms with Gasteiger partial charge in [0.05, 0.1) is 7.11 Å². The maximum atomic E-state index is 11.3. The van der Waals surface area contributed by atoms with E-state index in [1.54, 1.807) is 20.4 Å². The highest BCUT2D eigenvalue weighted by Crippen LogP contribution is 2.26. The molecule has 0 bridgehead atoms. The SMILES string of the molecule is COCCC(Nc1nccc2ccc(OC)cc12)C(=O)O. The lowest BCUT2D eigenvalue weighted by Crippen LogP contribution is -2.30.